The van der Waals surface area contributed by atoms with Gasteiger partial charge in [0, 0.05) is 35.2 Å². The van der Waals surface area contributed by atoms with Crippen molar-refractivity contribution in [1.29, 1.82) is 0 Å². The summed E-state index contributed by atoms with van der Waals surface area (Å²) in [5, 5.41) is 20.8. The van der Waals surface area contributed by atoms with E-state index >= 15 is 0 Å². The van der Waals surface area contributed by atoms with Crippen molar-refractivity contribution < 1.29 is 19.1 Å². The van der Waals surface area contributed by atoms with Gasteiger partial charge in [-0.1, -0.05) is 50.6 Å². The fourth-order valence-corrected chi connectivity index (χ4v) is 4.14. The predicted molar refractivity (Wildman–Crippen MR) is 143 cm³/mol. The maximum absolute atomic E-state index is 12.3. The minimum Gasteiger partial charge on any atom is -0.481 e. The number of ketones is 1. The lowest BCUT2D eigenvalue weighted by Crippen LogP contribution is -2.18. The Morgan fingerprint density at radius 2 is 1.49 bits per heavy atom. The fraction of sp³-hybridized carbons (Fsp3) is 0.267. The number of anilines is 1. The molecule has 0 amide bonds. The van der Waals surface area contributed by atoms with Crippen molar-refractivity contribution in [2.45, 2.75) is 45.6 Å². The van der Waals surface area contributed by atoms with Gasteiger partial charge in [-0.15, -0.1) is 10.2 Å². The monoisotopic (exact) mass is 497 g/mol. The molecule has 0 aliphatic carbocycles. The predicted octanol–water partition coefficient (Wildman–Crippen LogP) is 7.04. The van der Waals surface area contributed by atoms with Gasteiger partial charge in [0.1, 0.15) is 0 Å². The van der Waals surface area contributed by atoms with Crippen LogP contribution in [0.1, 0.15) is 61.5 Å². The highest BCUT2D eigenvalue weighted by atomic mass is 16.4. The molecule has 0 saturated heterocycles. The van der Waals surface area contributed by atoms with Crippen molar-refractivity contribution in [3.63, 3.8) is 0 Å². The third-order valence-corrected chi connectivity index (χ3v) is 6.50. The van der Waals surface area contributed by atoms with E-state index in [0.29, 0.717) is 29.7 Å². The van der Waals surface area contributed by atoms with Crippen LogP contribution in [0.3, 0.4) is 0 Å². The summed E-state index contributed by atoms with van der Waals surface area (Å²) >= 11 is 0. The van der Waals surface area contributed by atoms with Gasteiger partial charge in [0.15, 0.2) is 5.78 Å². The maximum atomic E-state index is 12.3. The second-order valence-corrected chi connectivity index (χ2v) is 9.16. The Hall–Kier alpha value is -4.26. The van der Waals surface area contributed by atoms with E-state index in [-0.39, 0.29) is 24.7 Å². The topological polar surface area (TPSA) is 105 Å². The summed E-state index contributed by atoms with van der Waals surface area (Å²) < 4.78 is 5.89. The van der Waals surface area contributed by atoms with Crippen LogP contribution >= 0.6 is 0 Å². The number of nitrogens with one attached hydrogen (secondary N) is 1. The number of hydrogen-bond acceptors (Lipinski definition) is 6. The molecule has 0 saturated carbocycles. The number of aliphatic carboxylic acids is 1. The summed E-state index contributed by atoms with van der Waals surface area (Å²) in [6.45, 7) is 4.37. The Morgan fingerprint density at radius 1 is 0.865 bits per heavy atom. The van der Waals surface area contributed by atoms with Crippen LogP contribution in [0.25, 0.3) is 22.9 Å². The van der Waals surface area contributed by atoms with Gasteiger partial charge in [-0.2, -0.15) is 0 Å². The van der Waals surface area contributed by atoms with Crippen molar-refractivity contribution >= 4 is 17.4 Å². The Kier molecular flexibility index (Phi) is 8.46. The minimum atomic E-state index is -0.884. The normalized spacial score (nSPS) is 12.6. The number of aromatic nitrogens is 2. The van der Waals surface area contributed by atoms with Gasteiger partial charge in [-0.25, -0.2) is 0 Å². The Bertz CT molecular complexity index is 1320. The summed E-state index contributed by atoms with van der Waals surface area (Å²) in [6, 6.07) is 25.3. The summed E-state index contributed by atoms with van der Waals surface area (Å²) in [7, 11) is 0. The van der Waals surface area contributed by atoms with Crippen LogP contribution in [0, 0.1) is 5.92 Å². The van der Waals surface area contributed by atoms with Gasteiger partial charge in [0.2, 0.25) is 11.8 Å². The number of benzene rings is 3. The second-order valence-electron chi connectivity index (χ2n) is 9.16. The molecule has 4 rings (SSSR count). The molecule has 2 unspecified atom stereocenters. The Balaban J connectivity index is 1.45. The molecule has 0 bridgehead atoms. The molecule has 0 radical (unpaired) electrons. The van der Waals surface area contributed by atoms with E-state index in [1.54, 1.807) is 12.1 Å². The third-order valence-electron chi connectivity index (χ3n) is 6.50. The van der Waals surface area contributed by atoms with Gasteiger partial charge >= 0.3 is 5.97 Å². The van der Waals surface area contributed by atoms with E-state index in [9.17, 15) is 9.59 Å². The Morgan fingerprint density at radius 3 is 2.08 bits per heavy atom. The highest BCUT2D eigenvalue weighted by Gasteiger charge is 2.19. The largest absolute Gasteiger partial charge is 0.481 e. The van der Waals surface area contributed by atoms with Gasteiger partial charge in [0.05, 0.1) is 6.04 Å². The average molecular weight is 498 g/mol. The summed E-state index contributed by atoms with van der Waals surface area (Å²) in [6.07, 6.45) is 1.57. The lowest BCUT2D eigenvalue weighted by atomic mass is 9.91. The molecule has 7 nitrogen and oxygen atoms in total. The van der Waals surface area contributed by atoms with Crippen molar-refractivity contribution in [2.24, 2.45) is 5.92 Å². The van der Waals surface area contributed by atoms with Crippen LogP contribution in [0.15, 0.2) is 83.3 Å². The molecule has 37 heavy (non-hydrogen) atoms. The quantitative estimate of drug-likeness (QED) is 0.202. The Labute approximate surface area is 216 Å². The third kappa shape index (κ3) is 6.70. The molecule has 0 aliphatic rings. The first kappa shape index (κ1) is 25.8. The van der Waals surface area contributed by atoms with Crippen molar-refractivity contribution in [1.82, 2.24) is 10.2 Å². The number of rotatable bonds is 12. The highest BCUT2D eigenvalue weighted by molar-refractivity contribution is 5.96. The number of Topliss-reactive ketones (excluding diaryl/α,β-unsaturated/α-hetero) is 1. The fourth-order valence-electron chi connectivity index (χ4n) is 4.14. The first-order chi connectivity index (χ1) is 17.9. The smallest absolute Gasteiger partial charge is 0.303 e. The standard InChI is InChI=1S/C30H31N3O4/c1-3-20(2)28(31-25-18-16-21(17-19-25)26(34)10-7-11-27(35)36)22-12-14-24(15-13-22)30-33-32-29(37-30)23-8-5-4-6-9-23/h4-6,8-9,12-20,28,31H,3,7,10-11H2,1-2H3,(H,35,36). The average Bonchev–Trinajstić information content (AvgIpc) is 3.42. The molecule has 7 heteroatoms. The number of carbonyl (C=O) groups is 2. The molecule has 0 spiro atoms. The van der Waals surface area contributed by atoms with E-state index in [4.69, 9.17) is 9.52 Å². The molecule has 2 atom stereocenters. The van der Waals surface area contributed by atoms with Crippen LogP contribution in [-0.2, 0) is 4.79 Å². The van der Waals surface area contributed by atoms with Crippen molar-refractivity contribution in [2.75, 3.05) is 5.32 Å². The molecule has 1 heterocycles. The van der Waals surface area contributed by atoms with Crippen LogP contribution in [0.4, 0.5) is 5.69 Å². The minimum absolute atomic E-state index is 0.00143. The van der Waals surface area contributed by atoms with E-state index < -0.39 is 5.97 Å². The summed E-state index contributed by atoms with van der Waals surface area (Å²) in [5.41, 5.74) is 4.38. The van der Waals surface area contributed by atoms with Gasteiger partial charge in [0.25, 0.3) is 0 Å². The van der Waals surface area contributed by atoms with Gasteiger partial charge in [-0.05, 0) is 66.4 Å². The first-order valence-corrected chi connectivity index (χ1v) is 12.6. The van der Waals surface area contributed by atoms with Crippen LogP contribution in [0.2, 0.25) is 0 Å². The van der Waals surface area contributed by atoms with E-state index in [0.717, 1.165) is 28.8 Å². The van der Waals surface area contributed by atoms with E-state index in [2.05, 4.69) is 41.5 Å². The van der Waals surface area contributed by atoms with E-state index in [1.807, 2.05) is 54.6 Å². The highest BCUT2D eigenvalue weighted by Crippen LogP contribution is 2.31. The maximum Gasteiger partial charge on any atom is 0.303 e. The lowest BCUT2D eigenvalue weighted by Gasteiger charge is -2.26. The van der Waals surface area contributed by atoms with Gasteiger partial charge < -0.3 is 14.8 Å². The first-order valence-electron chi connectivity index (χ1n) is 12.6. The SMILES string of the molecule is CCC(C)C(Nc1ccc(C(=O)CCCC(=O)O)cc1)c1ccc(-c2nnc(-c3ccccc3)o2)cc1. The van der Waals surface area contributed by atoms with Crippen LogP contribution in [-0.4, -0.2) is 27.1 Å². The van der Waals surface area contributed by atoms with Crippen LogP contribution in [0.5, 0.6) is 0 Å². The number of nitrogens with zero attached hydrogens (tertiary/aromatic N) is 2. The van der Waals surface area contributed by atoms with Crippen molar-refractivity contribution in [3.05, 3.63) is 90.0 Å². The molecule has 0 fully saturated rings. The zero-order valence-corrected chi connectivity index (χ0v) is 21.1. The molecule has 0 aliphatic heterocycles. The number of carboxylic acids is 1. The van der Waals surface area contributed by atoms with E-state index in [1.165, 1.54) is 0 Å². The molecular weight excluding hydrogens is 466 g/mol. The summed E-state index contributed by atoms with van der Waals surface area (Å²) in [4.78, 5) is 23.0. The summed E-state index contributed by atoms with van der Waals surface area (Å²) in [5.74, 6) is 0.393. The molecule has 2 N–H and O–H groups in total. The van der Waals surface area contributed by atoms with Crippen LogP contribution < -0.4 is 5.32 Å². The number of hydrogen-bond donors (Lipinski definition) is 2. The zero-order valence-electron chi connectivity index (χ0n) is 21.1. The second kappa shape index (κ2) is 12.1. The number of carbonyl (C=O) groups excluding carboxylic acids is 1. The zero-order chi connectivity index (χ0) is 26.2. The molecule has 3 aromatic carbocycles. The molecule has 190 valence electrons. The lowest BCUT2D eigenvalue weighted by molar-refractivity contribution is -0.137. The molecule has 4 aromatic rings. The van der Waals surface area contributed by atoms with Crippen molar-refractivity contribution in [3.8, 4) is 22.9 Å². The number of carboxylic acid groups (broad SMARTS) is 1. The molecular formula is C30H31N3O4. The van der Waals surface area contributed by atoms with Gasteiger partial charge in [-0.3, -0.25) is 9.59 Å². The molecule has 1 aromatic heterocycles.